The van der Waals surface area contributed by atoms with Gasteiger partial charge in [0.1, 0.15) is 5.82 Å². The van der Waals surface area contributed by atoms with Gasteiger partial charge in [0.25, 0.3) is 5.91 Å². The standard InChI is InChI=1S/C26H26N4O2/c1-17-9-8-10-18(2)25(17)28-24(31)16-29(4)26(32)20-13-14-23-22(15-20)27-19(3)30(23)21-11-6-5-7-12-21/h5-15H,16H2,1-4H3,(H,28,31). The van der Waals surface area contributed by atoms with Gasteiger partial charge in [-0.25, -0.2) is 4.98 Å². The highest BCUT2D eigenvalue weighted by molar-refractivity contribution is 6.01. The molecule has 0 unspecified atom stereocenters. The Kier molecular flexibility index (Phi) is 5.77. The minimum atomic E-state index is -0.233. The van der Waals surface area contributed by atoms with Crippen molar-refractivity contribution >= 4 is 28.5 Å². The molecule has 1 heterocycles. The number of carbonyl (C=O) groups is 2. The Morgan fingerprint density at radius 1 is 0.938 bits per heavy atom. The molecule has 2 amide bonds. The van der Waals surface area contributed by atoms with E-state index in [4.69, 9.17) is 0 Å². The summed E-state index contributed by atoms with van der Waals surface area (Å²) < 4.78 is 2.06. The van der Waals surface area contributed by atoms with E-state index in [0.717, 1.165) is 39.4 Å². The van der Waals surface area contributed by atoms with Gasteiger partial charge in [0.2, 0.25) is 5.91 Å². The zero-order valence-corrected chi connectivity index (χ0v) is 18.7. The van der Waals surface area contributed by atoms with Gasteiger partial charge in [-0.15, -0.1) is 0 Å². The summed E-state index contributed by atoms with van der Waals surface area (Å²) in [7, 11) is 1.63. The number of aromatic nitrogens is 2. The minimum Gasteiger partial charge on any atom is -0.332 e. The number of rotatable bonds is 5. The number of benzene rings is 3. The smallest absolute Gasteiger partial charge is 0.254 e. The molecule has 3 aromatic carbocycles. The molecule has 6 heteroatoms. The maximum Gasteiger partial charge on any atom is 0.254 e. The largest absolute Gasteiger partial charge is 0.332 e. The molecular weight excluding hydrogens is 400 g/mol. The summed E-state index contributed by atoms with van der Waals surface area (Å²) in [5, 5.41) is 2.93. The molecule has 0 aliphatic rings. The minimum absolute atomic E-state index is 0.0396. The summed E-state index contributed by atoms with van der Waals surface area (Å²) in [6, 6.07) is 21.3. The summed E-state index contributed by atoms with van der Waals surface area (Å²) in [6.45, 7) is 5.80. The lowest BCUT2D eigenvalue weighted by Gasteiger charge is -2.18. The predicted octanol–water partition coefficient (Wildman–Crippen LogP) is 4.66. The number of carbonyl (C=O) groups excluding carboxylic acids is 2. The van der Waals surface area contributed by atoms with E-state index in [-0.39, 0.29) is 18.4 Å². The number of hydrogen-bond donors (Lipinski definition) is 1. The van der Waals surface area contributed by atoms with Gasteiger partial charge >= 0.3 is 0 Å². The predicted molar refractivity (Wildman–Crippen MR) is 127 cm³/mol. The lowest BCUT2D eigenvalue weighted by Crippen LogP contribution is -2.35. The maximum atomic E-state index is 13.0. The first kappa shape index (κ1) is 21.3. The quantitative estimate of drug-likeness (QED) is 0.505. The third-order valence-corrected chi connectivity index (χ3v) is 5.56. The van der Waals surface area contributed by atoms with Crippen molar-refractivity contribution in [3.8, 4) is 5.69 Å². The van der Waals surface area contributed by atoms with Crippen LogP contribution in [0, 0.1) is 20.8 Å². The summed E-state index contributed by atoms with van der Waals surface area (Å²) in [5.41, 5.74) is 5.96. The maximum absolute atomic E-state index is 13.0. The first-order chi connectivity index (χ1) is 15.3. The van der Waals surface area contributed by atoms with Crippen LogP contribution in [0.25, 0.3) is 16.7 Å². The second-order valence-electron chi connectivity index (χ2n) is 8.01. The molecule has 0 aliphatic carbocycles. The van der Waals surface area contributed by atoms with E-state index in [1.54, 1.807) is 19.2 Å². The third kappa shape index (κ3) is 4.12. The molecule has 0 aliphatic heterocycles. The van der Waals surface area contributed by atoms with Crippen molar-refractivity contribution in [3.63, 3.8) is 0 Å². The van der Waals surface area contributed by atoms with E-state index >= 15 is 0 Å². The first-order valence-electron chi connectivity index (χ1n) is 10.5. The van der Waals surface area contributed by atoms with E-state index < -0.39 is 0 Å². The van der Waals surface area contributed by atoms with Crippen LogP contribution in [0.5, 0.6) is 0 Å². The van der Waals surface area contributed by atoms with Crippen LogP contribution in [0.2, 0.25) is 0 Å². The fourth-order valence-electron chi connectivity index (χ4n) is 3.93. The van der Waals surface area contributed by atoms with Crippen LogP contribution in [0.4, 0.5) is 5.69 Å². The number of likely N-dealkylation sites (N-methyl/N-ethyl adjacent to an activating group) is 1. The summed E-state index contributed by atoms with van der Waals surface area (Å²) >= 11 is 0. The van der Waals surface area contributed by atoms with Crippen molar-refractivity contribution in [2.45, 2.75) is 20.8 Å². The Balaban J connectivity index is 1.52. The number of fused-ring (bicyclic) bond motifs is 1. The Hall–Kier alpha value is -3.93. The molecule has 0 saturated carbocycles. The normalized spacial score (nSPS) is 10.9. The molecule has 1 N–H and O–H groups in total. The summed E-state index contributed by atoms with van der Waals surface area (Å²) in [5.74, 6) is 0.385. The molecule has 0 radical (unpaired) electrons. The van der Waals surface area contributed by atoms with E-state index in [1.807, 2.05) is 75.4 Å². The van der Waals surface area contributed by atoms with Crippen LogP contribution in [-0.4, -0.2) is 39.9 Å². The Bertz CT molecular complexity index is 1290. The van der Waals surface area contributed by atoms with Gasteiger partial charge in [-0.2, -0.15) is 0 Å². The fourth-order valence-corrected chi connectivity index (χ4v) is 3.93. The number of anilines is 1. The summed E-state index contributed by atoms with van der Waals surface area (Å²) in [6.07, 6.45) is 0. The molecule has 1 aromatic heterocycles. The van der Waals surface area contributed by atoms with E-state index in [0.29, 0.717) is 5.56 Å². The number of nitrogens with zero attached hydrogens (tertiary/aromatic N) is 3. The number of hydrogen-bond acceptors (Lipinski definition) is 3. The van der Waals surface area contributed by atoms with Crippen LogP contribution in [0.15, 0.2) is 66.7 Å². The van der Waals surface area contributed by atoms with Crippen LogP contribution in [0.1, 0.15) is 27.3 Å². The van der Waals surface area contributed by atoms with Gasteiger partial charge in [0, 0.05) is 24.0 Å². The fraction of sp³-hybridized carbons (Fsp3) is 0.192. The van der Waals surface area contributed by atoms with Gasteiger partial charge in [-0.3, -0.25) is 14.2 Å². The molecule has 0 fully saturated rings. The Labute approximate surface area is 187 Å². The van der Waals surface area contributed by atoms with Gasteiger partial charge in [0.05, 0.1) is 17.6 Å². The lowest BCUT2D eigenvalue weighted by molar-refractivity contribution is -0.116. The highest BCUT2D eigenvalue weighted by Crippen LogP contribution is 2.23. The molecule has 0 bridgehead atoms. The van der Waals surface area contributed by atoms with E-state index in [2.05, 4.69) is 14.9 Å². The molecule has 4 rings (SSSR count). The van der Waals surface area contributed by atoms with E-state index in [9.17, 15) is 9.59 Å². The van der Waals surface area contributed by atoms with Crippen molar-refractivity contribution in [2.24, 2.45) is 0 Å². The topological polar surface area (TPSA) is 67.2 Å². The van der Waals surface area contributed by atoms with Crippen molar-refractivity contribution in [3.05, 3.63) is 89.2 Å². The highest BCUT2D eigenvalue weighted by atomic mass is 16.2. The second-order valence-corrected chi connectivity index (χ2v) is 8.01. The Morgan fingerprint density at radius 2 is 1.62 bits per heavy atom. The van der Waals surface area contributed by atoms with Crippen molar-refractivity contribution in [1.82, 2.24) is 14.5 Å². The number of imidazole rings is 1. The van der Waals surface area contributed by atoms with Crippen LogP contribution in [0.3, 0.4) is 0 Å². The average molecular weight is 427 g/mol. The number of para-hydroxylation sites is 2. The van der Waals surface area contributed by atoms with Gasteiger partial charge in [-0.05, 0) is 62.2 Å². The molecule has 6 nitrogen and oxygen atoms in total. The lowest BCUT2D eigenvalue weighted by atomic mass is 10.1. The monoisotopic (exact) mass is 426 g/mol. The van der Waals surface area contributed by atoms with E-state index in [1.165, 1.54) is 4.90 Å². The van der Waals surface area contributed by atoms with Crippen molar-refractivity contribution in [1.29, 1.82) is 0 Å². The SMILES string of the molecule is Cc1cccc(C)c1NC(=O)CN(C)C(=O)c1ccc2c(c1)nc(C)n2-c1ccccc1. The van der Waals surface area contributed by atoms with Gasteiger partial charge < -0.3 is 10.2 Å². The zero-order valence-electron chi connectivity index (χ0n) is 18.7. The van der Waals surface area contributed by atoms with Crippen molar-refractivity contribution < 1.29 is 9.59 Å². The molecular formula is C26H26N4O2. The molecule has 0 spiro atoms. The first-order valence-corrected chi connectivity index (χ1v) is 10.5. The molecule has 0 saturated heterocycles. The van der Waals surface area contributed by atoms with Gasteiger partial charge in [-0.1, -0.05) is 36.4 Å². The van der Waals surface area contributed by atoms with Crippen LogP contribution < -0.4 is 5.32 Å². The summed E-state index contributed by atoms with van der Waals surface area (Å²) in [4.78, 5) is 31.6. The third-order valence-electron chi connectivity index (χ3n) is 5.56. The molecule has 32 heavy (non-hydrogen) atoms. The van der Waals surface area contributed by atoms with Crippen molar-refractivity contribution in [2.75, 3.05) is 18.9 Å². The molecule has 162 valence electrons. The average Bonchev–Trinajstić information content (AvgIpc) is 3.11. The Morgan fingerprint density at radius 3 is 2.31 bits per heavy atom. The zero-order chi connectivity index (χ0) is 22.8. The van der Waals surface area contributed by atoms with Gasteiger partial charge in [0.15, 0.2) is 0 Å². The highest BCUT2D eigenvalue weighted by Gasteiger charge is 2.18. The molecule has 0 atom stereocenters. The van der Waals surface area contributed by atoms with Crippen LogP contribution in [-0.2, 0) is 4.79 Å². The number of amides is 2. The number of aryl methyl sites for hydroxylation is 3. The van der Waals surface area contributed by atoms with Crippen LogP contribution >= 0.6 is 0 Å². The second kappa shape index (κ2) is 8.67. The molecule has 4 aromatic rings. The number of nitrogens with one attached hydrogen (secondary N) is 1.